The third-order valence-corrected chi connectivity index (χ3v) is 4.45. The van der Waals surface area contributed by atoms with Crippen LogP contribution in [0.3, 0.4) is 0 Å². The molecule has 4 nitrogen and oxygen atoms in total. The van der Waals surface area contributed by atoms with Crippen molar-refractivity contribution in [3.63, 3.8) is 0 Å². The van der Waals surface area contributed by atoms with Crippen molar-refractivity contribution >= 4 is 41.6 Å². The third-order valence-electron chi connectivity index (χ3n) is 2.29. The summed E-state index contributed by atoms with van der Waals surface area (Å²) in [5, 5.41) is 1.66. The molecule has 0 radical (unpaired) electrons. The number of halogens is 5. The minimum absolute atomic E-state index is 0.206. The van der Waals surface area contributed by atoms with Gasteiger partial charge in [-0.05, 0) is 24.6 Å². The highest BCUT2D eigenvalue weighted by atomic mass is 79.9. The molecule has 0 unspecified atom stereocenters. The fourth-order valence-corrected chi connectivity index (χ4v) is 2.70. The molecule has 0 spiro atoms. The molecule has 0 aliphatic carbocycles. The van der Waals surface area contributed by atoms with E-state index < -0.39 is 27.7 Å². The molecule has 1 aromatic rings. The van der Waals surface area contributed by atoms with Gasteiger partial charge >= 0.3 is 6.18 Å². The first-order valence-electron chi connectivity index (χ1n) is 5.01. The summed E-state index contributed by atoms with van der Waals surface area (Å²) >= 11 is 3.02. The van der Waals surface area contributed by atoms with Crippen LogP contribution in [0.15, 0.2) is 21.5 Å². The van der Waals surface area contributed by atoms with Crippen LogP contribution in [-0.2, 0) is 9.05 Å². The van der Waals surface area contributed by atoms with Gasteiger partial charge < -0.3 is 5.32 Å². The Morgan fingerprint density at radius 1 is 1.40 bits per heavy atom. The highest BCUT2D eigenvalue weighted by Gasteiger charge is 2.28. The molecule has 0 fully saturated rings. The second-order valence-electron chi connectivity index (χ2n) is 3.81. The van der Waals surface area contributed by atoms with Gasteiger partial charge in [0.05, 0.1) is 4.90 Å². The van der Waals surface area contributed by atoms with E-state index in [1.54, 1.807) is 5.32 Å². The molecular formula is C10H8BrClF3NO3S. The zero-order valence-electron chi connectivity index (χ0n) is 9.88. The normalized spacial score (nSPS) is 12.3. The highest BCUT2D eigenvalue weighted by Crippen LogP contribution is 2.27. The largest absolute Gasteiger partial charge is 0.405 e. The smallest absolute Gasteiger partial charge is 0.343 e. The average Bonchev–Trinajstić information content (AvgIpc) is 2.27. The summed E-state index contributed by atoms with van der Waals surface area (Å²) < 4.78 is 58.8. The summed E-state index contributed by atoms with van der Waals surface area (Å²) in [6, 6.07) is 2.09. The average molecular weight is 395 g/mol. The lowest BCUT2D eigenvalue weighted by molar-refractivity contribution is -0.123. The molecule has 0 atom stereocenters. The Hall–Kier alpha value is -0.800. The second-order valence-corrected chi connectivity index (χ2v) is 7.23. The van der Waals surface area contributed by atoms with Crippen LogP contribution < -0.4 is 5.32 Å². The van der Waals surface area contributed by atoms with Crippen LogP contribution in [0, 0.1) is 6.92 Å². The predicted octanol–water partition coefficient (Wildman–Crippen LogP) is 2.98. The van der Waals surface area contributed by atoms with Crippen LogP contribution in [0.2, 0.25) is 0 Å². The van der Waals surface area contributed by atoms with Crippen molar-refractivity contribution in [2.45, 2.75) is 18.0 Å². The van der Waals surface area contributed by atoms with E-state index in [1.165, 1.54) is 6.92 Å². The maximum atomic E-state index is 12.0. The Morgan fingerprint density at radius 2 is 1.95 bits per heavy atom. The minimum Gasteiger partial charge on any atom is -0.343 e. The molecule has 0 bridgehead atoms. The minimum atomic E-state index is -4.56. The molecule has 0 heterocycles. The lowest BCUT2D eigenvalue weighted by atomic mass is 10.1. The summed E-state index contributed by atoms with van der Waals surface area (Å²) in [6.07, 6.45) is -4.56. The maximum Gasteiger partial charge on any atom is 0.405 e. The Bertz CT molecular complexity index is 646. The van der Waals surface area contributed by atoms with Crippen molar-refractivity contribution in [2.75, 3.05) is 6.54 Å². The molecule has 0 aliphatic heterocycles. The van der Waals surface area contributed by atoms with Crippen molar-refractivity contribution in [3.8, 4) is 0 Å². The highest BCUT2D eigenvalue weighted by molar-refractivity contribution is 9.10. The number of carbonyl (C=O) groups excluding carboxylic acids is 1. The number of rotatable bonds is 3. The van der Waals surface area contributed by atoms with Crippen molar-refractivity contribution in [3.05, 3.63) is 27.7 Å². The fraction of sp³-hybridized carbons (Fsp3) is 0.300. The summed E-state index contributed by atoms with van der Waals surface area (Å²) in [6.45, 7) is -0.0576. The van der Waals surface area contributed by atoms with Crippen LogP contribution >= 0.6 is 26.6 Å². The topological polar surface area (TPSA) is 63.2 Å². The molecule has 1 rings (SSSR count). The fourth-order valence-electron chi connectivity index (χ4n) is 1.31. The third kappa shape index (κ3) is 4.64. The van der Waals surface area contributed by atoms with Crippen molar-refractivity contribution in [1.82, 2.24) is 5.32 Å². The predicted molar refractivity (Wildman–Crippen MR) is 70.3 cm³/mol. The van der Waals surface area contributed by atoms with Gasteiger partial charge in [-0.2, -0.15) is 13.2 Å². The van der Waals surface area contributed by atoms with Gasteiger partial charge in [-0.15, -0.1) is 0 Å². The van der Waals surface area contributed by atoms with Crippen molar-refractivity contribution < 1.29 is 26.4 Å². The van der Waals surface area contributed by atoms with Crippen LogP contribution in [-0.4, -0.2) is 27.0 Å². The first kappa shape index (κ1) is 17.3. The number of hydrogen-bond acceptors (Lipinski definition) is 3. The van der Waals surface area contributed by atoms with Gasteiger partial charge in [-0.25, -0.2) is 8.42 Å². The van der Waals surface area contributed by atoms with Gasteiger partial charge in [0.15, 0.2) is 0 Å². The van der Waals surface area contributed by atoms with Gasteiger partial charge in [0.1, 0.15) is 6.54 Å². The van der Waals surface area contributed by atoms with Gasteiger partial charge in [0.25, 0.3) is 15.0 Å². The molecule has 0 aromatic heterocycles. The van der Waals surface area contributed by atoms with Gasteiger partial charge in [-0.1, -0.05) is 15.9 Å². The van der Waals surface area contributed by atoms with E-state index in [1.807, 2.05) is 0 Å². The number of nitrogens with one attached hydrogen (secondary N) is 1. The van der Waals surface area contributed by atoms with Crippen LogP contribution in [0.1, 0.15) is 15.9 Å². The van der Waals surface area contributed by atoms with E-state index in [2.05, 4.69) is 15.9 Å². The summed E-state index contributed by atoms with van der Waals surface area (Å²) in [4.78, 5) is 11.3. The van der Waals surface area contributed by atoms with E-state index >= 15 is 0 Å². The molecule has 1 amide bonds. The summed E-state index contributed by atoms with van der Waals surface area (Å²) in [5.74, 6) is -1.04. The number of hydrogen-bond donors (Lipinski definition) is 1. The first-order valence-corrected chi connectivity index (χ1v) is 8.12. The van der Waals surface area contributed by atoms with Crippen molar-refractivity contribution in [2.24, 2.45) is 0 Å². The molecule has 0 saturated carbocycles. The summed E-state index contributed by atoms with van der Waals surface area (Å²) in [5.41, 5.74) is 0.0941. The van der Waals surface area contributed by atoms with E-state index in [9.17, 15) is 26.4 Å². The zero-order valence-corrected chi connectivity index (χ0v) is 13.0. The second kappa shape index (κ2) is 5.90. The van der Waals surface area contributed by atoms with Crippen LogP contribution in [0.4, 0.5) is 13.2 Å². The quantitative estimate of drug-likeness (QED) is 0.802. The Kier molecular flexibility index (Phi) is 5.09. The van der Waals surface area contributed by atoms with E-state index in [4.69, 9.17) is 10.7 Å². The molecule has 1 N–H and O–H groups in total. The van der Waals surface area contributed by atoms with Gasteiger partial charge in [0.2, 0.25) is 0 Å². The number of benzene rings is 1. The maximum absolute atomic E-state index is 12.0. The Morgan fingerprint density at radius 3 is 2.40 bits per heavy atom. The van der Waals surface area contributed by atoms with E-state index in [-0.39, 0.29) is 14.9 Å². The molecule has 1 aromatic carbocycles. The molecule has 20 heavy (non-hydrogen) atoms. The lowest BCUT2D eigenvalue weighted by Gasteiger charge is -2.12. The lowest BCUT2D eigenvalue weighted by Crippen LogP contribution is -2.34. The van der Waals surface area contributed by atoms with Crippen LogP contribution in [0.25, 0.3) is 0 Å². The molecule has 10 heteroatoms. The zero-order chi connectivity index (χ0) is 15.7. The summed E-state index contributed by atoms with van der Waals surface area (Å²) in [7, 11) is 1.05. The van der Waals surface area contributed by atoms with Gasteiger partial charge in [-0.3, -0.25) is 4.79 Å². The number of carbonyl (C=O) groups is 1. The molecular weight excluding hydrogens is 387 g/mol. The number of amides is 1. The molecule has 0 saturated heterocycles. The Labute approximate surface area is 125 Å². The standard InChI is InChI=1S/C10H8BrClF3NO3S/c1-5-7(9(17)16-4-10(13,14)15)2-6(3-8(5)11)20(12,18)19/h2-3H,4H2,1H3,(H,16,17). The molecule has 0 aliphatic rings. The van der Waals surface area contributed by atoms with Gasteiger partial charge in [0, 0.05) is 20.7 Å². The van der Waals surface area contributed by atoms with E-state index in [0.29, 0.717) is 5.56 Å². The van der Waals surface area contributed by atoms with E-state index in [0.717, 1.165) is 12.1 Å². The first-order chi connectivity index (χ1) is 8.92. The van der Waals surface area contributed by atoms with Crippen molar-refractivity contribution in [1.29, 1.82) is 0 Å². The SMILES string of the molecule is Cc1c(Br)cc(S(=O)(=O)Cl)cc1C(=O)NCC(F)(F)F. The Balaban J connectivity index is 3.18. The van der Waals surface area contributed by atoms with Crippen LogP contribution in [0.5, 0.6) is 0 Å². The number of alkyl halides is 3. The molecule has 112 valence electrons. The monoisotopic (exact) mass is 393 g/mol.